The third-order valence-corrected chi connectivity index (χ3v) is 7.53. The number of carbonyl (C=O) groups excluding carboxylic acids is 1. The van der Waals surface area contributed by atoms with Gasteiger partial charge in [0.1, 0.15) is 5.82 Å². The van der Waals surface area contributed by atoms with Crippen LogP contribution in [0.5, 0.6) is 0 Å². The van der Waals surface area contributed by atoms with Crippen LogP contribution in [0.3, 0.4) is 0 Å². The number of aromatic nitrogens is 1. The number of hydrogen-bond donors (Lipinski definition) is 2. The highest BCUT2D eigenvalue weighted by molar-refractivity contribution is 7.22. The van der Waals surface area contributed by atoms with Gasteiger partial charge in [0, 0.05) is 11.5 Å². The Morgan fingerprint density at radius 3 is 2.32 bits per heavy atom. The number of Topliss-reactive ketones (excluding diaryl/α,β-unsaturated/α-hetero) is 1. The topological polar surface area (TPSA) is 79.3 Å². The largest absolute Gasteiger partial charge is 0.481 e. The number of rotatable bonds is 6. The summed E-state index contributed by atoms with van der Waals surface area (Å²) in [7, 11) is 0. The molecule has 190 valence electrons. The first-order chi connectivity index (χ1) is 17.6. The molecule has 1 fully saturated rings. The van der Waals surface area contributed by atoms with Crippen LogP contribution < -0.4 is 5.32 Å². The molecule has 0 bridgehead atoms. The van der Waals surface area contributed by atoms with Crippen LogP contribution in [0.4, 0.5) is 28.4 Å². The lowest BCUT2D eigenvalue weighted by Crippen LogP contribution is -2.25. The van der Waals surface area contributed by atoms with Crippen LogP contribution in [-0.4, -0.2) is 21.8 Å². The molecule has 0 spiro atoms. The lowest BCUT2D eigenvalue weighted by atomic mass is 9.88. The van der Waals surface area contributed by atoms with Crippen molar-refractivity contribution in [3.63, 3.8) is 0 Å². The fraction of sp³-hybridized carbons (Fsp3) is 0.222. The number of halogens is 4. The quantitative estimate of drug-likeness (QED) is 0.200. The van der Waals surface area contributed by atoms with E-state index < -0.39 is 35.4 Å². The van der Waals surface area contributed by atoms with Crippen molar-refractivity contribution in [3.8, 4) is 11.1 Å². The van der Waals surface area contributed by atoms with Crippen molar-refractivity contribution in [2.45, 2.75) is 25.4 Å². The van der Waals surface area contributed by atoms with Crippen LogP contribution in [0.2, 0.25) is 0 Å². The predicted molar refractivity (Wildman–Crippen MR) is 133 cm³/mol. The van der Waals surface area contributed by atoms with Gasteiger partial charge in [-0.15, -0.1) is 0 Å². The molecule has 0 saturated heterocycles. The zero-order chi connectivity index (χ0) is 26.3. The molecular weight excluding hydrogens is 508 g/mol. The molecule has 4 aromatic rings. The Morgan fingerprint density at radius 1 is 0.946 bits per heavy atom. The second-order valence-corrected chi connectivity index (χ2v) is 9.97. The van der Waals surface area contributed by atoms with E-state index >= 15 is 0 Å². The van der Waals surface area contributed by atoms with Gasteiger partial charge in [-0.1, -0.05) is 48.1 Å². The zero-order valence-electron chi connectivity index (χ0n) is 19.2. The molecule has 2 atom stereocenters. The Kier molecular flexibility index (Phi) is 6.45. The van der Waals surface area contributed by atoms with Gasteiger partial charge in [-0.05, 0) is 54.3 Å². The summed E-state index contributed by atoms with van der Waals surface area (Å²) < 4.78 is 54.1. The van der Waals surface area contributed by atoms with E-state index in [1.165, 1.54) is 18.2 Å². The van der Waals surface area contributed by atoms with Gasteiger partial charge in [-0.25, -0.2) is 9.37 Å². The molecule has 2 N–H and O–H groups in total. The van der Waals surface area contributed by atoms with Gasteiger partial charge in [0.15, 0.2) is 10.9 Å². The van der Waals surface area contributed by atoms with Crippen molar-refractivity contribution in [2.75, 3.05) is 5.32 Å². The summed E-state index contributed by atoms with van der Waals surface area (Å²) in [6, 6.07) is 14.4. The minimum Gasteiger partial charge on any atom is -0.481 e. The first-order valence-corrected chi connectivity index (χ1v) is 12.3. The average molecular weight is 529 g/mol. The second-order valence-electron chi connectivity index (χ2n) is 8.94. The lowest BCUT2D eigenvalue weighted by molar-refractivity contribution is -0.142. The number of nitrogens with one attached hydrogen (secondary N) is 1. The zero-order valence-corrected chi connectivity index (χ0v) is 20.0. The first kappa shape index (κ1) is 24.9. The van der Waals surface area contributed by atoms with E-state index in [0.717, 1.165) is 23.5 Å². The van der Waals surface area contributed by atoms with Gasteiger partial charge in [0.2, 0.25) is 0 Å². The molecule has 0 radical (unpaired) electrons. The van der Waals surface area contributed by atoms with E-state index in [2.05, 4.69) is 10.3 Å². The van der Waals surface area contributed by atoms with Crippen LogP contribution in [-0.2, 0) is 11.0 Å². The highest BCUT2D eigenvalue weighted by Crippen LogP contribution is 2.37. The molecular formula is C27H20F4N2O3S. The van der Waals surface area contributed by atoms with Crippen LogP contribution in [0.15, 0.2) is 60.7 Å². The molecule has 37 heavy (non-hydrogen) atoms. The van der Waals surface area contributed by atoms with Crippen molar-refractivity contribution >= 4 is 44.1 Å². The maximum absolute atomic E-state index is 14.9. The number of carbonyl (C=O) groups is 2. The van der Waals surface area contributed by atoms with E-state index in [-0.39, 0.29) is 16.6 Å². The number of ketones is 1. The minimum absolute atomic E-state index is 0.117. The monoisotopic (exact) mass is 528 g/mol. The average Bonchev–Trinajstić information content (AvgIpc) is 3.51. The number of hydrogen-bond acceptors (Lipinski definition) is 5. The third kappa shape index (κ3) is 5.06. The molecule has 1 aliphatic rings. The number of carboxylic acid groups (broad SMARTS) is 1. The molecule has 10 heteroatoms. The molecule has 3 aromatic carbocycles. The summed E-state index contributed by atoms with van der Waals surface area (Å²) in [6.07, 6.45) is -2.71. The molecule has 5 nitrogen and oxygen atoms in total. The van der Waals surface area contributed by atoms with Crippen molar-refractivity contribution in [1.82, 2.24) is 4.98 Å². The van der Waals surface area contributed by atoms with Crippen molar-refractivity contribution < 1.29 is 32.3 Å². The number of benzene rings is 3. The van der Waals surface area contributed by atoms with Gasteiger partial charge >= 0.3 is 12.1 Å². The summed E-state index contributed by atoms with van der Waals surface area (Å²) in [5.74, 6) is -2.92. The van der Waals surface area contributed by atoms with Gasteiger partial charge in [-0.2, -0.15) is 13.2 Å². The van der Waals surface area contributed by atoms with Gasteiger partial charge in [0.25, 0.3) is 0 Å². The number of fused-ring (bicyclic) bond motifs is 1. The molecule has 1 aromatic heterocycles. The Morgan fingerprint density at radius 2 is 1.65 bits per heavy atom. The Hall–Kier alpha value is -3.79. The summed E-state index contributed by atoms with van der Waals surface area (Å²) in [5, 5.41) is 12.4. The standard InChI is InChI=1S/C27H20F4N2O3S/c28-20-12-16(14-4-6-15(7-5-14)24(34)18-2-1-3-19(18)25(35)36)8-10-21(20)32-26-33-22-11-9-17(27(29,30)31)13-23(22)37-26/h4-13,18-19H,1-3H2,(H,32,33)(H,35,36)/t18-,19-/m0/s1. The molecule has 0 aliphatic heterocycles. The first-order valence-electron chi connectivity index (χ1n) is 11.5. The maximum Gasteiger partial charge on any atom is 0.416 e. The van der Waals surface area contributed by atoms with Crippen LogP contribution >= 0.6 is 11.3 Å². The fourth-order valence-corrected chi connectivity index (χ4v) is 5.59. The minimum atomic E-state index is -4.46. The number of aliphatic carboxylic acids is 1. The van der Waals surface area contributed by atoms with Gasteiger partial charge in [-0.3, -0.25) is 9.59 Å². The Labute approximate surface area is 212 Å². The molecule has 0 amide bonds. The van der Waals surface area contributed by atoms with E-state index in [9.17, 15) is 32.3 Å². The van der Waals surface area contributed by atoms with Gasteiger partial charge < -0.3 is 10.4 Å². The number of carboxylic acids is 1. The second kappa shape index (κ2) is 9.59. The lowest BCUT2D eigenvalue weighted by Gasteiger charge is -2.15. The van der Waals surface area contributed by atoms with E-state index in [1.807, 2.05) is 0 Å². The number of anilines is 2. The molecule has 1 saturated carbocycles. The van der Waals surface area contributed by atoms with Crippen LogP contribution in [0.25, 0.3) is 21.3 Å². The van der Waals surface area contributed by atoms with Crippen molar-refractivity contribution in [1.29, 1.82) is 0 Å². The highest BCUT2D eigenvalue weighted by Gasteiger charge is 2.38. The van der Waals surface area contributed by atoms with Crippen LogP contribution in [0.1, 0.15) is 35.2 Å². The number of thiazole rings is 1. The highest BCUT2D eigenvalue weighted by atomic mass is 32.1. The third-order valence-electron chi connectivity index (χ3n) is 6.60. The van der Waals surface area contributed by atoms with Crippen molar-refractivity contribution in [2.24, 2.45) is 11.8 Å². The molecule has 1 heterocycles. The number of nitrogens with zero attached hydrogens (tertiary/aromatic N) is 1. The number of alkyl halides is 3. The van der Waals surface area contributed by atoms with Crippen LogP contribution in [0, 0.1) is 17.7 Å². The fourth-order valence-electron chi connectivity index (χ4n) is 4.68. The van der Waals surface area contributed by atoms with E-state index in [4.69, 9.17) is 0 Å². The normalized spacial score (nSPS) is 17.7. The summed E-state index contributed by atoms with van der Waals surface area (Å²) in [5.41, 5.74) is 1.37. The van der Waals surface area contributed by atoms with E-state index in [0.29, 0.717) is 46.2 Å². The molecule has 1 aliphatic carbocycles. The molecule has 0 unspecified atom stereocenters. The summed E-state index contributed by atoms with van der Waals surface area (Å²) in [4.78, 5) is 28.5. The Balaban J connectivity index is 1.32. The van der Waals surface area contributed by atoms with Gasteiger partial charge in [0.05, 0.1) is 27.4 Å². The smallest absolute Gasteiger partial charge is 0.416 e. The van der Waals surface area contributed by atoms with E-state index in [1.54, 1.807) is 30.3 Å². The van der Waals surface area contributed by atoms with Crippen molar-refractivity contribution in [3.05, 3.63) is 77.6 Å². The summed E-state index contributed by atoms with van der Waals surface area (Å²) in [6.45, 7) is 0. The molecule has 5 rings (SSSR count). The SMILES string of the molecule is O=C(O)[C@H]1CCC[C@@H]1C(=O)c1ccc(-c2ccc(Nc3nc4ccc(C(F)(F)F)cc4s3)c(F)c2)cc1. The predicted octanol–water partition coefficient (Wildman–Crippen LogP) is 7.55. The Bertz CT molecular complexity index is 1500. The summed E-state index contributed by atoms with van der Waals surface area (Å²) >= 11 is 0.991. The maximum atomic E-state index is 14.9.